The van der Waals surface area contributed by atoms with Crippen LogP contribution in [-0.4, -0.2) is 26.5 Å². The van der Waals surface area contributed by atoms with Gasteiger partial charge in [0.2, 0.25) is 0 Å². The zero-order valence-corrected chi connectivity index (χ0v) is 24.2. The Kier molecular flexibility index (Phi) is 8.77. The Morgan fingerprint density at radius 1 is 1.09 bits per heavy atom. The lowest BCUT2D eigenvalue weighted by atomic mass is 9.61. The largest absolute Gasteiger partial charge is 0.458 e. The number of carbonyl (C=O) groups excluding carboxylic acids is 1. The zero-order valence-electron chi connectivity index (χ0n) is 23.2. The summed E-state index contributed by atoms with van der Waals surface area (Å²) in [5.41, 5.74) is 0.967. The summed E-state index contributed by atoms with van der Waals surface area (Å²) in [4.78, 5) is 12.8. The topological polar surface area (TPSA) is 35.5 Å². The molecule has 6 atom stereocenters. The van der Waals surface area contributed by atoms with Crippen LogP contribution in [0.15, 0.2) is 30.3 Å². The van der Waals surface area contributed by atoms with E-state index in [1.807, 2.05) is 30.3 Å². The third-order valence-corrected chi connectivity index (χ3v) is 14.3. The predicted octanol–water partition coefficient (Wildman–Crippen LogP) is 8.65. The average Bonchev–Trinajstić information content (AvgIpc) is 3.11. The number of fused-ring (bicyclic) bond motifs is 1. The van der Waals surface area contributed by atoms with E-state index in [0.717, 1.165) is 18.8 Å². The van der Waals surface area contributed by atoms with Gasteiger partial charge in [-0.05, 0) is 93.0 Å². The van der Waals surface area contributed by atoms with Crippen molar-refractivity contribution in [3.63, 3.8) is 0 Å². The SMILES string of the molecule is C[C@H](CCC[C@@H](C)[C@H]1CC[C@H]2[C@@H](OC(=O)c3ccccc3)CCC[C@]12C)O[Si](C)(C)C(C)(C)C. The minimum absolute atomic E-state index is 0.0710. The molecule has 0 aliphatic heterocycles. The number of esters is 1. The summed E-state index contributed by atoms with van der Waals surface area (Å²) < 4.78 is 12.7. The second-order valence-electron chi connectivity index (χ2n) is 13.1. The van der Waals surface area contributed by atoms with Crippen LogP contribution in [0.25, 0.3) is 0 Å². The fraction of sp³-hybridized carbons (Fsp3) is 0.767. The lowest BCUT2D eigenvalue weighted by Crippen LogP contribution is -2.43. The highest BCUT2D eigenvalue weighted by molar-refractivity contribution is 6.74. The predicted molar refractivity (Wildman–Crippen MR) is 145 cm³/mol. The highest BCUT2D eigenvalue weighted by Gasteiger charge is 2.53. The minimum Gasteiger partial charge on any atom is -0.458 e. The molecule has 0 aromatic heterocycles. The van der Waals surface area contributed by atoms with Crippen LogP contribution >= 0.6 is 0 Å². The van der Waals surface area contributed by atoms with Crippen LogP contribution in [0.1, 0.15) is 103 Å². The highest BCUT2D eigenvalue weighted by Crippen LogP contribution is 2.59. The lowest BCUT2D eigenvalue weighted by Gasteiger charge is -2.46. The second-order valence-corrected chi connectivity index (χ2v) is 17.9. The first-order chi connectivity index (χ1) is 15.8. The average molecular weight is 487 g/mol. The number of hydrogen-bond acceptors (Lipinski definition) is 3. The van der Waals surface area contributed by atoms with Gasteiger partial charge in [0, 0.05) is 12.0 Å². The van der Waals surface area contributed by atoms with E-state index in [0.29, 0.717) is 28.9 Å². The molecular weight excluding hydrogens is 436 g/mol. The van der Waals surface area contributed by atoms with Gasteiger partial charge in [-0.2, -0.15) is 0 Å². The number of rotatable bonds is 9. The van der Waals surface area contributed by atoms with Crippen LogP contribution in [0.5, 0.6) is 0 Å². The molecule has 2 saturated carbocycles. The van der Waals surface area contributed by atoms with E-state index in [2.05, 4.69) is 54.6 Å². The Balaban J connectivity index is 1.53. The minimum atomic E-state index is -1.69. The maximum atomic E-state index is 12.8. The van der Waals surface area contributed by atoms with Gasteiger partial charge in [-0.25, -0.2) is 4.79 Å². The zero-order chi connectivity index (χ0) is 25.1. The van der Waals surface area contributed by atoms with Gasteiger partial charge in [-0.1, -0.05) is 65.7 Å². The van der Waals surface area contributed by atoms with Crippen LogP contribution in [0.2, 0.25) is 18.1 Å². The lowest BCUT2D eigenvalue weighted by molar-refractivity contribution is -0.0473. The third-order valence-electron chi connectivity index (χ3n) is 9.66. The van der Waals surface area contributed by atoms with Crippen LogP contribution in [0, 0.1) is 23.2 Å². The molecule has 0 amide bonds. The first-order valence-corrected chi connectivity index (χ1v) is 16.7. The molecule has 0 saturated heterocycles. The quantitative estimate of drug-likeness (QED) is 0.259. The molecule has 2 aliphatic rings. The summed E-state index contributed by atoms with van der Waals surface area (Å²) in [6, 6.07) is 9.48. The van der Waals surface area contributed by atoms with Crippen LogP contribution in [0.3, 0.4) is 0 Å². The van der Waals surface area contributed by atoms with Crippen molar-refractivity contribution in [2.75, 3.05) is 0 Å². The van der Waals surface area contributed by atoms with Crippen molar-refractivity contribution in [2.45, 2.75) is 123 Å². The van der Waals surface area contributed by atoms with Gasteiger partial charge in [0.05, 0.1) is 5.56 Å². The number of hydrogen-bond donors (Lipinski definition) is 0. The Bertz CT molecular complexity index is 799. The van der Waals surface area contributed by atoms with Gasteiger partial charge in [0.25, 0.3) is 0 Å². The van der Waals surface area contributed by atoms with E-state index >= 15 is 0 Å². The van der Waals surface area contributed by atoms with Crippen LogP contribution in [-0.2, 0) is 9.16 Å². The standard InChI is InChI=1S/C30H50O3Si/c1-22(14-12-15-23(2)33-34(7,8)29(3,4)5)25-19-20-26-27(18-13-21-30(25,26)6)32-28(31)24-16-10-9-11-17-24/h9-11,16-17,22-23,25-27H,12-15,18-21H2,1-8H3/t22-,23-,25-,26+,27+,30-/m1/s1. The van der Waals surface area contributed by atoms with Gasteiger partial charge >= 0.3 is 5.97 Å². The summed E-state index contributed by atoms with van der Waals surface area (Å²) in [7, 11) is -1.69. The number of carbonyl (C=O) groups is 1. The molecule has 0 heterocycles. The molecule has 2 fully saturated rings. The summed E-state index contributed by atoms with van der Waals surface area (Å²) in [6.07, 6.45) is 10.0. The first-order valence-electron chi connectivity index (χ1n) is 13.8. The molecule has 0 radical (unpaired) electrons. The third kappa shape index (κ3) is 6.16. The normalized spacial score (nSPS) is 29.4. The fourth-order valence-electron chi connectivity index (χ4n) is 6.68. The van der Waals surface area contributed by atoms with Gasteiger partial charge in [0.15, 0.2) is 8.32 Å². The van der Waals surface area contributed by atoms with Crippen LogP contribution < -0.4 is 0 Å². The Morgan fingerprint density at radius 2 is 1.76 bits per heavy atom. The van der Waals surface area contributed by atoms with E-state index in [9.17, 15) is 4.79 Å². The van der Waals surface area contributed by atoms with Gasteiger partial charge in [-0.3, -0.25) is 0 Å². The van der Waals surface area contributed by atoms with Crippen molar-refractivity contribution in [2.24, 2.45) is 23.2 Å². The van der Waals surface area contributed by atoms with E-state index in [1.165, 1.54) is 38.5 Å². The molecule has 192 valence electrons. The number of ether oxygens (including phenoxy) is 1. The fourth-order valence-corrected chi connectivity index (χ4v) is 8.16. The molecule has 1 aromatic carbocycles. The molecule has 3 rings (SSSR count). The van der Waals surface area contributed by atoms with Crippen molar-refractivity contribution in [3.8, 4) is 0 Å². The maximum absolute atomic E-state index is 12.8. The molecule has 3 nitrogen and oxygen atoms in total. The molecule has 0 unspecified atom stereocenters. The summed E-state index contributed by atoms with van der Waals surface area (Å²) in [6.45, 7) is 18.9. The van der Waals surface area contributed by atoms with Crippen molar-refractivity contribution in [3.05, 3.63) is 35.9 Å². The van der Waals surface area contributed by atoms with Gasteiger partial charge in [-0.15, -0.1) is 0 Å². The van der Waals surface area contributed by atoms with Crippen molar-refractivity contribution in [1.82, 2.24) is 0 Å². The van der Waals surface area contributed by atoms with Crippen molar-refractivity contribution in [1.29, 1.82) is 0 Å². The molecule has 0 bridgehead atoms. The molecule has 2 aliphatic carbocycles. The van der Waals surface area contributed by atoms with E-state index in [4.69, 9.17) is 9.16 Å². The van der Waals surface area contributed by atoms with E-state index in [-0.39, 0.29) is 17.1 Å². The Morgan fingerprint density at radius 3 is 2.41 bits per heavy atom. The van der Waals surface area contributed by atoms with Gasteiger partial charge < -0.3 is 9.16 Å². The van der Waals surface area contributed by atoms with E-state index < -0.39 is 8.32 Å². The van der Waals surface area contributed by atoms with Crippen molar-refractivity contribution < 1.29 is 14.0 Å². The first kappa shape index (κ1) is 27.5. The summed E-state index contributed by atoms with van der Waals surface area (Å²) in [5.74, 6) is 1.79. The maximum Gasteiger partial charge on any atom is 0.338 e. The molecular formula is C30H50O3Si. The monoisotopic (exact) mass is 486 g/mol. The molecule has 1 aromatic rings. The summed E-state index contributed by atoms with van der Waals surface area (Å²) >= 11 is 0. The molecule has 34 heavy (non-hydrogen) atoms. The second kappa shape index (κ2) is 10.9. The van der Waals surface area contributed by atoms with Gasteiger partial charge in [0.1, 0.15) is 6.10 Å². The smallest absolute Gasteiger partial charge is 0.338 e. The Labute approximate surface area is 210 Å². The molecule has 0 spiro atoms. The van der Waals surface area contributed by atoms with Crippen molar-refractivity contribution >= 4 is 14.3 Å². The van der Waals surface area contributed by atoms with E-state index in [1.54, 1.807) is 0 Å². The summed E-state index contributed by atoms with van der Waals surface area (Å²) in [5, 5.41) is 0.267. The van der Waals surface area contributed by atoms with Crippen LogP contribution in [0.4, 0.5) is 0 Å². The molecule has 0 N–H and O–H groups in total. The highest BCUT2D eigenvalue weighted by atomic mass is 28.4. The Hall–Kier alpha value is -1.13. The number of benzene rings is 1. The molecule has 4 heteroatoms.